The summed E-state index contributed by atoms with van der Waals surface area (Å²) in [5, 5.41) is 3.60. The molecular formula is C20H35N. The van der Waals surface area contributed by atoms with E-state index in [-0.39, 0.29) is 5.54 Å². The third-order valence-electron chi connectivity index (χ3n) is 3.72. The summed E-state index contributed by atoms with van der Waals surface area (Å²) in [4.78, 5) is 0. The molecule has 0 amide bonds. The minimum Gasteiger partial charge on any atom is -0.312 e. The molecule has 0 aliphatic rings. The van der Waals surface area contributed by atoms with Crippen molar-refractivity contribution in [3.8, 4) is 0 Å². The molecule has 1 N–H and O–H groups in total. The van der Waals surface area contributed by atoms with Crippen LogP contribution in [0.2, 0.25) is 0 Å². The van der Waals surface area contributed by atoms with Crippen LogP contribution in [0.1, 0.15) is 66.0 Å². The molecule has 0 unspecified atom stereocenters. The maximum absolute atomic E-state index is 3.60. The lowest BCUT2D eigenvalue weighted by atomic mass is 9.88. The van der Waals surface area contributed by atoms with Crippen LogP contribution >= 0.6 is 0 Å². The Hall–Kier alpha value is -0.820. The zero-order chi connectivity index (χ0) is 16.1. The SMILES string of the molecule is C[C@@H](CNC(C)(C)C)Cc1cccc(CCC(C)(C)C)c1. The van der Waals surface area contributed by atoms with Crippen LogP contribution in [0.4, 0.5) is 0 Å². The maximum Gasteiger partial charge on any atom is 0.00966 e. The first-order chi connectivity index (χ1) is 9.55. The van der Waals surface area contributed by atoms with Crippen molar-refractivity contribution in [2.45, 2.75) is 73.3 Å². The highest BCUT2D eigenvalue weighted by Crippen LogP contribution is 2.22. The molecule has 0 saturated heterocycles. The minimum absolute atomic E-state index is 0.211. The molecule has 0 heterocycles. The molecular weight excluding hydrogens is 254 g/mol. The zero-order valence-electron chi connectivity index (χ0n) is 15.2. The van der Waals surface area contributed by atoms with Crippen molar-refractivity contribution in [3.63, 3.8) is 0 Å². The highest BCUT2D eigenvalue weighted by atomic mass is 14.9. The van der Waals surface area contributed by atoms with Crippen molar-refractivity contribution in [3.05, 3.63) is 35.4 Å². The van der Waals surface area contributed by atoms with Crippen LogP contribution in [-0.4, -0.2) is 12.1 Å². The third-order valence-corrected chi connectivity index (χ3v) is 3.72. The second kappa shape index (κ2) is 7.45. The van der Waals surface area contributed by atoms with Crippen molar-refractivity contribution in [1.29, 1.82) is 0 Å². The van der Waals surface area contributed by atoms with Gasteiger partial charge in [0, 0.05) is 5.54 Å². The van der Waals surface area contributed by atoms with Gasteiger partial charge in [-0.1, -0.05) is 52.0 Å². The van der Waals surface area contributed by atoms with Gasteiger partial charge in [0.25, 0.3) is 0 Å². The van der Waals surface area contributed by atoms with Gasteiger partial charge in [-0.2, -0.15) is 0 Å². The monoisotopic (exact) mass is 289 g/mol. The molecule has 0 aromatic heterocycles. The Labute approximate surface area is 132 Å². The van der Waals surface area contributed by atoms with Gasteiger partial charge in [-0.3, -0.25) is 0 Å². The zero-order valence-corrected chi connectivity index (χ0v) is 15.2. The topological polar surface area (TPSA) is 12.0 Å². The van der Waals surface area contributed by atoms with Gasteiger partial charge < -0.3 is 5.32 Å². The quantitative estimate of drug-likeness (QED) is 0.756. The van der Waals surface area contributed by atoms with Crippen molar-refractivity contribution in [2.75, 3.05) is 6.54 Å². The van der Waals surface area contributed by atoms with E-state index in [0.717, 1.165) is 13.0 Å². The highest BCUT2D eigenvalue weighted by molar-refractivity contribution is 5.24. The molecule has 1 aromatic rings. The number of hydrogen-bond acceptors (Lipinski definition) is 1. The number of benzene rings is 1. The van der Waals surface area contributed by atoms with Crippen LogP contribution in [0.25, 0.3) is 0 Å². The highest BCUT2D eigenvalue weighted by Gasteiger charge is 2.12. The molecule has 1 atom stereocenters. The molecule has 1 heteroatoms. The van der Waals surface area contributed by atoms with Crippen LogP contribution in [0.3, 0.4) is 0 Å². The molecule has 0 spiro atoms. The van der Waals surface area contributed by atoms with Crippen molar-refractivity contribution in [2.24, 2.45) is 11.3 Å². The fraction of sp³-hybridized carbons (Fsp3) is 0.700. The lowest BCUT2D eigenvalue weighted by Crippen LogP contribution is -2.39. The second-order valence-corrected chi connectivity index (χ2v) is 8.82. The van der Waals surface area contributed by atoms with Gasteiger partial charge in [0.15, 0.2) is 0 Å². The van der Waals surface area contributed by atoms with Gasteiger partial charge in [-0.05, 0) is 69.0 Å². The molecule has 1 rings (SSSR count). The largest absolute Gasteiger partial charge is 0.312 e. The fourth-order valence-electron chi connectivity index (χ4n) is 2.39. The van der Waals surface area contributed by atoms with Gasteiger partial charge in [0.2, 0.25) is 0 Å². The average Bonchev–Trinajstić information content (AvgIpc) is 2.33. The molecule has 1 aromatic carbocycles. The predicted molar refractivity (Wildman–Crippen MR) is 94.8 cm³/mol. The van der Waals surface area contributed by atoms with Crippen molar-refractivity contribution in [1.82, 2.24) is 5.32 Å². The normalized spacial score (nSPS) is 14.2. The van der Waals surface area contributed by atoms with Crippen LogP contribution in [0.15, 0.2) is 24.3 Å². The van der Waals surface area contributed by atoms with E-state index in [1.165, 1.54) is 24.0 Å². The van der Waals surface area contributed by atoms with Crippen LogP contribution in [0.5, 0.6) is 0 Å². The smallest absolute Gasteiger partial charge is 0.00966 e. The van der Waals surface area contributed by atoms with E-state index in [4.69, 9.17) is 0 Å². The summed E-state index contributed by atoms with van der Waals surface area (Å²) in [6, 6.07) is 9.16. The van der Waals surface area contributed by atoms with E-state index in [9.17, 15) is 0 Å². The Balaban J connectivity index is 2.52. The van der Waals surface area contributed by atoms with Crippen LogP contribution < -0.4 is 5.32 Å². The van der Waals surface area contributed by atoms with Gasteiger partial charge in [-0.15, -0.1) is 0 Å². The van der Waals surface area contributed by atoms with Crippen LogP contribution in [-0.2, 0) is 12.8 Å². The van der Waals surface area contributed by atoms with E-state index in [2.05, 4.69) is 78.0 Å². The molecule has 0 saturated carbocycles. The summed E-state index contributed by atoms with van der Waals surface area (Å²) in [6.45, 7) is 17.0. The van der Waals surface area contributed by atoms with E-state index in [1.54, 1.807) is 0 Å². The number of rotatable bonds is 6. The Morgan fingerprint density at radius 1 is 1.00 bits per heavy atom. The lowest BCUT2D eigenvalue weighted by molar-refractivity contribution is 0.377. The fourth-order valence-corrected chi connectivity index (χ4v) is 2.39. The second-order valence-electron chi connectivity index (χ2n) is 8.82. The van der Waals surface area contributed by atoms with Gasteiger partial charge in [0.1, 0.15) is 0 Å². The predicted octanol–water partition coefficient (Wildman–Crippen LogP) is 5.23. The number of hydrogen-bond donors (Lipinski definition) is 1. The Morgan fingerprint density at radius 2 is 1.62 bits per heavy atom. The number of aryl methyl sites for hydroxylation is 1. The lowest BCUT2D eigenvalue weighted by Gasteiger charge is -2.23. The van der Waals surface area contributed by atoms with Gasteiger partial charge in [0.05, 0.1) is 0 Å². The van der Waals surface area contributed by atoms with Gasteiger partial charge >= 0.3 is 0 Å². The third kappa shape index (κ3) is 8.93. The number of nitrogens with one attached hydrogen (secondary N) is 1. The standard InChI is InChI=1S/C20H35N/c1-16(15-21-20(5,6)7)13-18-10-8-9-17(14-18)11-12-19(2,3)4/h8-10,14,16,21H,11-13,15H2,1-7H3/t16-/m1/s1. The van der Waals surface area contributed by atoms with Crippen molar-refractivity contribution >= 4 is 0 Å². The minimum atomic E-state index is 0.211. The molecule has 0 fully saturated rings. The molecule has 0 bridgehead atoms. The van der Waals surface area contributed by atoms with E-state index in [1.807, 2.05) is 0 Å². The Morgan fingerprint density at radius 3 is 2.19 bits per heavy atom. The van der Waals surface area contributed by atoms with E-state index >= 15 is 0 Å². The summed E-state index contributed by atoms with van der Waals surface area (Å²) in [5.74, 6) is 0.669. The van der Waals surface area contributed by atoms with Crippen LogP contribution in [0, 0.1) is 11.3 Å². The summed E-state index contributed by atoms with van der Waals surface area (Å²) < 4.78 is 0. The summed E-state index contributed by atoms with van der Waals surface area (Å²) in [7, 11) is 0. The first-order valence-corrected chi connectivity index (χ1v) is 8.38. The van der Waals surface area contributed by atoms with E-state index in [0.29, 0.717) is 11.3 Å². The first kappa shape index (κ1) is 18.2. The summed E-state index contributed by atoms with van der Waals surface area (Å²) in [6.07, 6.45) is 3.59. The van der Waals surface area contributed by atoms with E-state index < -0.39 is 0 Å². The summed E-state index contributed by atoms with van der Waals surface area (Å²) >= 11 is 0. The maximum atomic E-state index is 3.60. The van der Waals surface area contributed by atoms with Crippen molar-refractivity contribution < 1.29 is 0 Å². The molecule has 0 radical (unpaired) electrons. The molecule has 120 valence electrons. The molecule has 0 aliphatic heterocycles. The molecule has 1 nitrogen and oxygen atoms in total. The molecule has 21 heavy (non-hydrogen) atoms. The summed E-state index contributed by atoms with van der Waals surface area (Å²) in [5.41, 5.74) is 3.59. The first-order valence-electron chi connectivity index (χ1n) is 8.38. The molecule has 0 aliphatic carbocycles. The Bertz CT molecular complexity index is 420. The van der Waals surface area contributed by atoms with Gasteiger partial charge in [-0.25, -0.2) is 0 Å². The Kier molecular flexibility index (Phi) is 6.46. The average molecular weight is 290 g/mol.